The Kier molecular flexibility index (Phi) is 14.3. The molecule has 0 heterocycles. The molecule has 0 spiro atoms. The first-order chi connectivity index (χ1) is 32.5. The fourth-order valence-corrected chi connectivity index (χ4v) is 7.48. The van der Waals surface area contributed by atoms with Gasteiger partial charge in [-0.05, 0) is 144 Å². The monoisotopic (exact) mass is 846 g/mol. The maximum absolute atomic E-state index is 6.61. The lowest BCUT2D eigenvalue weighted by Crippen LogP contribution is -2.02. The zero-order valence-electron chi connectivity index (χ0n) is 37.2. The van der Waals surface area contributed by atoms with E-state index in [0.717, 1.165) is 125 Å². The van der Waals surface area contributed by atoms with Gasteiger partial charge in [-0.15, -0.1) is 12.8 Å². The minimum atomic E-state index is 0.613. The van der Waals surface area contributed by atoms with Crippen LogP contribution >= 0.6 is 0 Å². The van der Waals surface area contributed by atoms with Crippen LogP contribution in [0.4, 0.5) is 0 Å². The summed E-state index contributed by atoms with van der Waals surface area (Å²) < 4.78 is 13.2. The van der Waals surface area contributed by atoms with Crippen LogP contribution in [0.2, 0.25) is 0 Å². The van der Waals surface area contributed by atoms with Crippen molar-refractivity contribution in [2.24, 2.45) is 0 Å². The lowest BCUT2D eigenvalue weighted by Gasteiger charge is -2.20. The van der Waals surface area contributed by atoms with E-state index in [9.17, 15) is 0 Å². The molecule has 0 aliphatic carbocycles. The molecule has 2 heteroatoms. The predicted molar refractivity (Wildman–Crippen MR) is 273 cm³/mol. The highest BCUT2D eigenvalue weighted by Crippen LogP contribution is 2.46. The average Bonchev–Trinajstić information content (AvgIpc) is 3.36. The molecule has 0 aliphatic heterocycles. The van der Waals surface area contributed by atoms with E-state index >= 15 is 0 Å². The molecule has 314 valence electrons. The molecule has 0 aromatic heterocycles. The van der Waals surface area contributed by atoms with E-state index in [1.54, 1.807) is 0 Å². The van der Waals surface area contributed by atoms with Crippen molar-refractivity contribution < 1.29 is 9.47 Å². The van der Waals surface area contributed by atoms with Crippen molar-refractivity contribution in [2.75, 3.05) is 13.2 Å². The molecular weight excluding hydrogens is 801 g/mol. The Bertz CT molecular complexity index is 3220. The van der Waals surface area contributed by atoms with Crippen LogP contribution in [0, 0.1) is 72.1 Å². The summed E-state index contributed by atoms with van der Waals surface area (Å²) in [5, 5.41) is 4.23. The second-order valence-corrected chi connectivity index (χ2v) is 15.8. The van der Waals surface area contributed by atoms with Gasteiger partial charge in [0.2, 0.25) is 0 Å². The van der Waals surface area contributed by atoms with Gasteiger partial charge in [0, 0.05) is 66.8 Å². The van der Waals surface area contributed by atoms with Crippen LogP contribution in [0.1, 0.15) is 95.2 Å². The summed E-state index contributed by atoms with van der Waals surface area (Å²) in [4.78, 5) is 0. The summed E-state index contributed by atoms with van der Waals surface area (Å²) in [6, 6.07) is 52.6. The van der Waals surface area contributed by atoms with Crippen molar-refractivity contribution in [3.8, 4) is 94.7 Å². The molecule has 8 aromatic rings. The molecule has 0 amide bonds. The summed E-state index contributed by atoms with van der Waals surface area (Å²) in [5.41, 5.74) is 10.7. The predicted octanol–water partition coefficient (Wildman–Crippen LogP) is 13.6. The quantitative estimate of drug-likeness (QED) is 0.106. The lowest BCUT2D eigenvalue weighted by molar-refractivity contribution is 0.306. The third-order valence-electron chi connectivity index (χ3n) is 10.9. The molecule has 8 aromatic carbocycles. The Morgan fingerprint density at radius 2 is 0.652 bits per heavy atom. The van der Waals surface area contributed by atoms with E-state index in [1.165, 1.54) is 0 Å². The van der Waals surface area contributed by atoms with Crippen LogP contribution in [-0.2, 0) is 0 Å². The third-order valence-corrected chi connectivity index (χ3v) is 10.9. The van der Waals surface area contributed by atoms with Crippen molar-refractivity contribution in [1.82, 2.24) is 0 Å². The van der Waals surface area contributed by atoms with E-state index in [-0.39, 0.29) is 0 Å². The Labute approximate surface area is 390 Å². The minimum absolute atomic E-state index is 0.613. The molecule has 0 fully saturated rings. The SMILES string of the molecule is C#Cc1cccc(C#Cc2cccc(C#Cc3ccc4c(-c5c(OCCCC)ccc6cc(C#Cc7cccc(C#Cc8cccc(C#C)c8)c7)ccc56)c(OCCCC)ccc4c3)c2)c1. The van der Waals surface area contributed by atoms with Gasteiger partial charge in [0.25, 0.3) is 0 Å². The molecule has 0 aliphatic rings. The molecular formula is C64H46O2. The molecule has 0 bridgehead atoms. The Morgan fingerprint density at radius 1 is 0.348 bits per heavy atom. The van der Waals surface area contributed by atoms with Crippen LogP contribution in [0.3, 0.4) is 0 Å². The van der Waals surface area contributed by atoms with E-state index in [2.05, 4.69) is 134 Å². The minimum Gasteiger partial charge on any atom is -0.493 e. The lowest BCUT2D eigenvalue weighted by atomic mass is 9.91. The van der Waals surface area contributed by atoms with Crippen molar-refractivity contribution in [1.29, 1.82) is 0 Å². The van der Waals surface area contributed by atoms with E-state index in [4.69, 9.17) is 22.3 Å². The van der Waals surface area contributed by atoms with Crippen LogP contribution in [0.25, 0.3) is 32.7 Å². The van der Waals surface area contributed by atoms with Crippen LogP contribution < -0.4 is 9.47 Å². The number of rotatable bonds is 9. The number of benzene rings is 8. The number of hydrogen-bond donors (Lipinski definition) is 0. The van der Waals surface area contributed by atoms with Gasteiger partial charge in [-0.3, -0.25) is 0 Å². The molecule has 8 rings (SSSR count). The fourth-order valence-electron chi connectivity index (χ4n) is 7.48. The van der Waals surface area contributed by atoms with E-state index in [0.29, 0.717) is 13.2 Å². The van der Waals surface area contributed by atoms with Gasteiger partial charge < -0.3 is 9.47 Å². The number of ether oxygens (including phenoxy) is 2. The molecule has 0 saturated carbocycles. The van der Waals surface area contributed by atoms with Gasteiger partial charge >= 0.3 is 0 Å². The molecule has 0 atom stereocenters. The Morgan fingerprint density at radius 3 is 0.970 bits per heavy atom. The number of fused-ring (bicyclic) bond motifs is 2. The topological polar surface area (TPSA) is 18.5 Å². The van der Waals surface area contributed by atoms with Crippen molar-refractivity contribution in [2.45, 2.75) is 39.5 Å². The highest BCUT2D eigenvalue weighted by atomic mass is 16.5. The molecule has 0 saturated heterocycles. The Balaban J connectivity index is 1.14. The van der Waals surface area contributed by atoms with Gasteiger partial charge in [-0.25, -0.2) is 0 Å². The van der Waals surface area contributed by atoms with Gasteiger partial charge in [0.05, 0.1) is 13.2 Å². The second kappa shape index (κ2) is 21.5. The largest absolute Gasteiger partial charge is 0.493 e. The average molecular weight is 847 g/mol. The summed E-state index contributed by atoms with van der Waals surface area (Å²) in [6.45, 7) is 5.58. The van der Waals surface area contributed by atoms with Crippen LogP contribution in [-0.4, -0.2) is 13.2 Å². The van der Waals surface area contributed by atoms with E-state index in [1.807, 2.05) is 97.1 Å². The van der Waals surface area contributed by atoms with E-state index < -0.39 is 0 Å². The van der Waals surface area contributed by atoms with Crippen molar-refractivity contribution in [3.05, 3.63) is 213 Å². The van der Waals surface area contributed by atoms with Crippen molar-refractivity contribution >= 4 is 21.5 Å². The molecule has 0 unspecified atom stereocenters. The van der Waals surface area contributed by atoms with Gasteiger partial charge in [0.15, 0.2) is 0 Å². The standard InChI is InChI=1S/C64H46O2/c1-5-9-39-65-61-37-33-57-45-55(29-27-53-21-13-19-51(43-53)25-23-49-17-11-15-47(7-3)41-49)31-35-59(57)63(61)64-60-36-32-56(46-58(60)34-38-62(64)66-40-10-6-2)30-28-54-22-14-20-52(44-54)26-24-50-18-12-16-48(8-4)42-50/h3-4,11-22,31-38,41-46H,5-6,9-10,39-40H2,1-2H3. The van der Waals surface area contributed by atoms with Crippen molar-refractivity contribution in [3.63, 3.8) is 0 Å². The first-order valence-corrected chi connectivity index (χ1v) is 22.3. The zero-order valence-corrected chi connectivity index (χ0v) is 37.2. The van der Waals surface area contributed by atoms with Gasteiger partial charge in [-0.1, -0.05) is 134 Å². The second-order valence-electron chi connectivity index (χ2n) is 15.8. The molecule has 0 N–H and O–H groups in total. The zero-order chi connectivity index (χ0) is 45.5. The summed E-state index contributed by atoms with van der Waals surface area (Å²) in [7, 11) is 0. The number of hydrogen-bond acceptors (Lipinski definition) is 2. The highest BCUT2D eigenvalue weighted by molar-refractivity contribution is 6.10. The van der Waals surface area contributed by atoms with Gasteiger partial charge in [-0.2, -0.15) is 0 Å². The summed E-state index contributed by atoms with van der Waals surface area (Å²) in [5.74, 6) is 33.5. The summed E-state index contributed by atoms with van der Waals surface area (Å²) in [6.07, 6.45) is 15.1. The summed E-state index contributed by atoms with van der Waals surface area (Å²) >= 11 is 0. The van der Waals surface area contributed by atoms with Crippen LogP contribution in [0.15, 0.2) is 158 Å². The maximum atomic E-state index is 6.61. The first kappa shape index (κ1) is 43.9. The fraction of sp³-hybridized carbons (Fsp3) is 0.125. The Hall–Kier alpha value is -8.76. The van der Waals surface area contributed by atoms with Gasteiger partial charge in [0.1, 0.15) is 11.5 Å². The molecule has 2 nitrogen and oxygen atoms in total. The normalized spacial score (nSPS) is 10.1. The molecule has 0 radical (unpaired) electrons. The number of unbranched alkanes of at least 4 members (excludes halogenated alkanes) is 2. The smallest absolute Gasteiger partial charge is 0.127 e. The highest BCUT2D eigenvalue weighted by Gasteiger charge is 2.20. The maximum Gasteiger partial charge on any atom is 0.127 e. The molecule has 66 heavy (non-hydrogen) atoms. The third kappa shape index (κ3) is 11.1. The van der Waals surface area contributed by atoms with Crippen LogP contribution in [0.5, 0.6) is 11.5 Å². The number of terminal acetylenes is 2. The first-order valence-electron chi connectivity index (χ1n) is 22.3.